The zero-order valence-electron chi connectivity index (χ0n) is 8.23. The maximum atomic E-state index is 10.4. The van der Waals surface area contributed by atoms with Crippen molar-refractivity contribution in [3.05, 3.63) is 39.4 Å². The van der Waals surface area contributed by atoms with Crippen LogP contribution in [0.3, 0.4) is 0 Å². The van der Waals surface area contributed by atoms with Gasteiger partial charge in [-0.05, 0) is 24.1 Å². The summed E-state index contributed by atoms with van der Waals surface area (Å²) in [6.07, 6.45) is 0.397. The van der Waals surface area contributed by atoms with Crippen LogP contribution in [0.4, 0.5) is 0 Å². The first-order chi connectivity index (χ1) is 6.50. The fourth-order valence-electron chi connectivity index (χ4n) is 1.26. The van der Waals surface area contributed by atoms with Gasteiger partial charge in [0.15, 0.2) is 0 Å². The van der Waals surface area contributed by atoms with Gasteiger partial charge in [-0.1, -0.05) is 12.1 Å². The maximum Gasteiger partial charge on any atom is 0.214 e. The number of aryl methyl sites for hydroxylation is 1. The number of benzene rings is 1. The van der Waals surface area contributed by atoms with E-state index in [2.05, 4.69) is 0 Å². The second kappa shape index (κ2) is 4.09. The molecule has 1 rings (SSSR count). The molecule has 4 heteroatoms. The van der Waals surface area contributed by atoms with Crippen LogP contribution in [0.25, 0.3) is 0 Å². The first-order valence-corrected chi connectivity index (χ1v) is 4.42. The molecule has 0 aliphatic heterocycles. The molecule has 1 atom stereocenters. The molecule has 1 unspecified atom stereocenters. The Bertz CT molecular complexity index is 349. The van der Waals surface area contributed by atoms with Gasteiger partial charge in [-0.2, -0.15) is 0 Å². The molecule has 0 aliphatic rings. The Labute approximate surface area is 82.3 Å². The van der Waals surface area contributed by atoms with E-state index >= 15 is 0 Å². The summed E-state index contributed by atoms with van der Waals surface area (Å²) in [5.41, 5.74) is 1.63. The monoisotopic (exact) mass is 195 g/mol. The minimum Gasteiger partial charge on any atom is -0.508 e. The van der Waals surface area contributed by atoms with Gasteiger partial charge in [-0.25, -0.2) is 0 Å². The van der Waals surface area contributed by atoms with Crippen molar-refractivity contribution in [3.8, 4) is 5.75 Å². The van der Waals surface area contributed by atoms with Crippen LogP contribution in [-0.4, -0.2) is 16.1 Å². The molecule has 0 fully saturated rings. The topological polar surface area (TPSA) is 63.4 Å². The van der Waals surface area contributed by atoms with Crippen LogP contribution in [0.2, 0.25) is 0 Å². The predicted molar refractivity (Wildman–Crippen MR) is 53.0 cm³/mol. The normalized spacial score (nSPS) is 12.4. The fraction of sp³-hybridized carbons (Fsp3) is 0.400. The lowest BCUT2D eigenvalue weighted by molar-refractivity contribution is -0.517. The molecule has 0 radical (unpaired) electrons. The molecule has 0 heterocycles. The highest BCUT2D eigenvalue weighted by Gasteiger charge is 2.13. The van der Waals surface area contributed by atoms with E-state index < -0.39 is 6.04 Å². The average Bonchev–Trinajstić information content (AvgIpc) is 2.11. The van der Waals surface area contributed by atoms with Gasteiger partial charge >= 0.3 is 0 Å². The van der Waals surface area contributed by atoms with Crippen molar-refractivity contribution in [2.24, 2.45) is 0 Å². The SMILES string of the molecule is Cc1cc(CC(C)[N+](=O)[O-])ccc1O. The van der Waals surface area contributed by atoms with Crippen molar-refractivity contribution in [1.82, 2.24) is 0 Å². The number of nitrogens with zero attached hydrogens (tertiary/aromatic N) is 1. The Balaban J connectivity index is 2.78. The van der Waals surface area contributed by atoms with Crippen LogP contribution in [0, 0.1) is 17.0 Å². The van der Waals surface area contributed by atoms with E-state index in [0.29, 0.717) is 6.42 Å². The number of hydrogen-bond acceptors (Lipinski definition) is 3. The fourth-order valence-corrected chi connectivity index (χ4v) is 1.26. The predicted octanol–water partition coefficient (Wildman–Crippen LogP) is 1.91. The molecule has 1 aromatic rings. The second-order valence-electron chi connectivity index (χ2n) is 3.46. The summed E-state index contributed by atoms with van der Waals surface area (Å²) in [4.78, 5) is 10.1. The number of phenolic OH excluding ortho intramolecular Hbond substituents is 1. The quantitative estimate of drug-likeness (QED) is 0.591. The summed E-state index contributed by atoms with van der Waals surface area (Å²) in [7, 11) is 0. The summed E-state index contributed by atoms with van der Waals surface area (Å²) >= 11 is 0. The van der Waals surface area contributed by atoms with Crippen LogP contribution in [0.15, 0.2) is 18.2 Å². The van der Waals surface area contributed by atoms with Crippen LogP contribution in [0.5, 0.6) is 5.75 Å². The third kappa shape index (κ3) is 2.45. The number of hydrogen-bond donors (Lipinski definition) is 1. The maximum absolute atomic E-state index is 10.4. The highest BCUT2D eigenvalue weighted by molar-refractivity contribution is 5.35. The summed E-state index contributed by atoms with van der Waals surface area (Å²) in [5.74, 6) is 0.225. The van der Waals surface area contributed by atoms with Crippen molar-refractivity contribution < 1.29 is 10.0 Å². The number of aromatic hydroxyl groups is 1. The van der Waals surface area contributed by atoms with Gasteiger partial charge in [0.2, 0.25) is 6.04 Å². The minimum absolute atomic E-state index is 0.225. The van der Waals surface area contributed by atoms with Gasteiger partial charge in [0.05, 0.1) is 0 Å². The molecule has 0 aliphatic carbocycles. The van der Waals surface area contributed by atoms with E-state index in [1.165, 1.54) is 0 Å². The second-order valence-corrected chi connectivity index (χ2v) is 3.46. The molecule has 0 saturated carbocycles. The smallest absolute Gasteiger partial charge is 0.214 e. The van der Waals surface area contributed by atoms with Crippen molar-refractivity contribution >= 4 is 0 Å². The van der Waals surface area contributed by atoms with E-state index in [1.807, 2.05) is 0 Å². The third-order valence-electron chi connectivity index (χ3n) is 2.15. The summed E-state index contributed by atoms with van der Waals surface area (Å²) in [6.45, 7) is 3.35. The standard InChI is InChI=1S/C10H13NO3/c1-7-5-9(3-4-10(7)12)6-8(2)11(13)14/h3-5,8,12H,6H2,1-2H3. The van der Waals surface area contributed by atoms with Gasteiger partial charge in [0, 0.05) is 18.3 Å². The molecule has 0 saturated heterocycles. The zero-order chi connectivity index (χ0) is 10.7. The van der Waals surface area contributed by atoms with E-state index in [1.54, 1.807) is 32.0 Å². The Morgan fingerprint density at radius 2 is 2.21 bits per heavy atom. The average molecular weight is 195 g/mol. The van der Waals surface area contributed by atoms with E-state index in [-0.39, 0.29) is 10.7 Å². The molecular weight excluding hydrogens is 182 g/mol. The summed E-state index contributed by atoms with van der Waals surface area (Å²) < 4.78 is 0. The number of phenols is 1. The van der Waals surface area contributed by atoms with Gasteiger partial charge in [0.1, 0.15) is 5.75 Å². The molecule has 76 valence electrons. The van der Waals surface area contributed by atoms with Gasteiger partial charge in [0.25, 0.3) is 0 Å². The highest BCUT2D eigenvalue weighted by Crippen LogP contribution is 2.18. The molecule has 1 aromatic carbocycles. The molecule has 0 amide bonds. The first-order valence-electron chi connectivity index (χ1n) is 4.42. The van der Waals surface area contributed by atoms with E-state index in [4.69, 9.17) is 0 Å². The molecule has 0 bridgehead atoms. The van der Waals surface area contributed by atoms with Gasteiger partial charge in [-0.3, -0.25) is 10.1 Å². The molecule has 0 spiro atoms. The van der Waals surface area contributed by atoms with E-state index in [9.17, 15) is 15.2 Å². The summed E-state index contributed by atoms with van der Waals surface area (Å²) in [6, 6.07) is 4.47. The van der Waals surface area contributed by atoms with Crippen molar-refractivity contribution in [2.45, 2.75) is 26.3 Å². The molecule has 14 heavy (non-hydrogen) atoms. The molecule has 1 N–H and O–H groups in total. The first kappa shape index (κ1) is 10.5. The minimum atomic E-state index is -0.584. The van der Waals surface area contributed by atoms with Gasteiger partial charge < -0.3 is 5.11 Å². The van der Waals surface area contributed by atoms with Crippen LogP contribution < -0.4 is 0 Å². The van der Waals surface area contributed by atoms with Gasteiger partial charge in [-0.15, -0.1) is 0 Å². The van der Waals surface area contributed by atoms with Crippen molar-refractivity contribution in [2.75, 3.05) is 0 Å². The Hall–Kier alpha value is -1.58. The third-order valence-corrected chi connectivity index (χ3v) is 2.15. The number of rotatable bonds is 3. The van der Waals surface area contributed by atoms with E-state index in [0.717, 1.165) is 11.1 Å². The lowest BCUT2D eigenvalue weighted by Gasteiger charge is -2.05. The molecular formula is C10H13NO3. The number of nitro groups is 1. The lowest BCUT2D eigenvalue weighted by atomic mass is 10.0. The zero-order valence-corrected chi connectivity index (χ0v) is 8.23. The Morgan fingerprint density at radius 1 is 1.57 bits per heavy atom. The molecule has 4 nitrogen and oxygen atoms in total. The Morgan fingerprint density at radius 3 is 2.71 bits per heavy atom. The molecule has 0 aromatic heterocycles. The lowest BCUT2D eigenvalue weighted by Crippen LogP contribution is -2.17. The van der Waals surface area contributed by atoms with Crippen molar-refractivity contribution in [1.29, 1.82) is 0 Å². The van der Waals surface area contributed by atoms with Crippen LogP contribution in [-0.2, 0) is 6.42 Å². The highest BCUT2D eigenvalue weighted by atomic mass is 16.6. The Kier molecular flexibility index (Phi) is 3.06. The van der Waals surface area contributed by atoms with Crippen LogP contribution in [0.1, 0.15) is 18.1 Å². The summed E-state index contributed by atoms with van der Waals surface area (Å²) in [5, 5.41) is 19.7. The van der Waals surface area contributed by atoms with Crippen LogP contribution >= 0.6 is 0 Å². The largest absolute Gasteiger partial charge is 0.508 e. The van der Waals surface area contributed by atoms with Crippen molar-refractivity contribution in [3.63, 3.8) is 0 Å².